The Balaban J connectivity index is 2.16. The van der Waals surface area contributed by atoms with Crippen LogP contribution in [0.2, 0.25) is 5.02 Å². The molecule has 1 unspecified atom stereocenters. The Kier molecular flexibility index (Phi) is 5.35. The minimum atomic E-state index is 0.142. The zero-order valence-electron chi connectivity index (χ0n) is 11.6. The fraction of sp³-hybridized carbons (Fsp3) is 0.250. The van der Waals surface area contributed by atoms with E-state index in [9.17, 15) is 0 Å². The van der Waals surface area contributed by atoms with Crippen LogP contribution in [0, 0.1) is 0 Å². The van der Waals surface area contributed by atoms with Gasteiger partial charge in [0, 0.05) is 15.8 Å². The molecule has 2 aromatic carbocycles. The molecule has 0 bridgehead atoms. The van der Waals surface area contributed by atoms with Crippen molar-refractivity contribution < 1.29 is 4.74 Å². The summed E-state index contributed by atoms with van der Waals surface area (Å²) in [5.41, 5.74) is 6.97. The molecule has 0 heterocycles. The standard InChI is InChI=1S/C16H18ClNOS/c1-11(18)8-12-6-7-16(15(17)9-12)20-14-5-3-4-13(10-14)19-2/h3-7,9-11H,8,18H2,1-2H3. The highest BCUT2D eigenvalue weighted by atomic mass is 35.5. The zero-order chi connectivity index (χ0) is 14.5. The third-order valence-electron chi connectivity index (χ3n) is 2.82. The molecule has 2 rings (SSSR count). The van der Waals surface area contributed by atoms with E-state index < -0.39 is 0 Å². The molecule has 4 heteroatoms. The van der Waals surface area contributed by atoms with Gasteiger partial charge >= 0.3 is 0 Å². The molecule has 0 aromatic heterocycles. The Bertz CT molecular complexity index is 586. The van der Waals surface area contributed by atoms with Crippen molar-refractivity contribution in [3.8, 4) is 5.75 Å². The van der Waals surface area contributed by atoms with Crippen LogP contribution in [0.25, 0.3) is 0 Å². The first kappa shape index (κ1) is 15.2. The number of hydrogen-bond acceptors (Lipinski definition) is 3. The molecule has 0 fully saturated rings. The van der Waals surface area contributed by atoms with Crippen molar-refractivity contribution in [1.29, 1.82) is 0 Å². The van der Waals surface area contributed by atoms with Gasteiger partial charge in [-0.2, -0.15) is 0 Å². The van der Waals surface area contributed by atoms with Crippen LogP contribution in [0.3, 0.4) is 0 Å². The molecule has 0 aliphatic carbocycles. The van der Waals surface area contributed by atoms with E-state index in [0.29, 0.717) is 0 Å². The normalized spacial score (nSPS) is 12.2. The van der Waals surface area contributed by atoms with Gasteiger partial charge in [-0.3, -0.25) is 0 Å². The lowest BCUT2D eigenvalue weighted by molar-refractivity contribution is 0.413. The second-order valence-corrected chi connectivity index (χ2v) is 6.25. The first-order valence-electron chi connectivity index (χ1n) is 6.44. The first-order valence-corrected chi connectivity index (χ1v) is 7.64. The third-order valence-corrected chi connectivity index (χ3v) is 4.31. The van der Waals surface area contributed by atoms with Gasteiger partial charge in [-0.15, -0.1) is 0 Å². The maximum Gasteiger partial charge on any atom is 0.119 e. The Hall–Kier alpha value is -1.16. The van der Waals surface area contributed by atoms with E-state index in [0.717, 1.165) is 27.0 Å². The van der Waals surface area contributed by atoms with E-state index in [2.05, 4.69) is 6.07 Å². The monoisotopic (exact) mass is 307 g/mol. The quantitative estimate of drug-likeness (QED) is 0.890. The number of hydrogen-bond donors (Lipinski definition) is 1. The average Bonchev–Trinajstić information content (AvgIpc) is 2.41. The van der Waals surface area contributed by atoms with Gasteiger partial charge in [0.1, 0.15) is 5.75 Å². The van der Waals surface area contributed by atoms with Crippen LogP contribution >= 0.6 is 23.4 Å². The fourth-order valence-corrected chi connectivity index (χ4v) is 3.10. The Morgan fingerprint density at radius 3 is 2.70 bits per heavy atom. The summed E-state index contributed by atoms with van der Waals surface area (Å²) in [7, 11) is 1.67. The molecule has 1 atom stereocenters. The molecule has 2 aromatic rings. The van der Waals surface area contributed by atoms with Crippen molar-refractivity contribution >= 4 is 23.4 Å². The highest BCUT2D eigenvalue weighted by Crippen LogP contribution is 2.35. The summed E-state index contributed by atoms with van der Waals surface area (Å²) >= 11 is 7.97. The number of nitrogens with two attached hydrogens (primary N) is 1. The lowest BCUT2D eigenvalue weighted by Crippen LogP contribution is -2.17. The molecular weight excluding hydrogens is 290 g/mol. The van der Waals surface area contributed by atoms with Gasteiger partial charge in [-0.05, 0) is 49.2 Å². The second kappa shape index (κ2) is 7.02. The highest BCUT2D eigenvalue weighted by molar-refractivity contribution is 7.99. The summed E-state index contributed by atoms with van der Waals surface area (Å²) < 4.78 is 5.23. The first-order chi connectivity index (χ1) is 9.58. The number of benzene rings is 2. The lowest BCUT2D eigenvalue weighted by atomic mass is 10.1. The second-order valence-electron chi connectivity index (χ2n) is 4.73. The molecule has 20 heavy (non-hydrogen) atoms. The number of halogens is 1. The summed E-state index contributed by atoms with van der Waals surface area (Å²) in [6.07, 6.45) is 0.837. The van der Waals surface area contributed by atoms with Gasteiger partial charge in [0.15, 0.2) is 0 Å². The van der Waals surface area contributed by atoms with Gasteiger partial charge in [-0.25, -0.2) is 0 Å². The minimum absolute atomic E-state index is 0.142. The highest BCUT2D eigenvalue weighted by Gasteiger charge is 2.06. The van der Waals surface area contributed by atoms with E-state index in [4.69, 9.17) is 22.1 Å². The van der Waals surface area contributed by atoms with Crippen molar-refractivity contribution in [3.05, 3.63) is 53.1 Å². The average molecular weight is 308 g/mol. The summed E-state index contributed by atoms with van der Waals surface area (Å²) in [6.45, 7) is 1.99. The largest absolute Gasteiger partial charge is 0.497 e. The molecule has 0 saturated carbocycles. The fourth-order valence-electron chi connectivity index (χ4n) is 1.92. The molecule has 2 nitrogen and oxygen atoms in total. The smallest absolute Gasteiger partial charge is 0.119 e. The van der Waals surface area contributed by atoms with Crippen LogP contribution in [-0.2, 0) is 6.42 Å². The summed E-state index contributed by atoms with van der Waals surface area (Å²) in [4.78, 5) is 2.14. The lowest BCUT2D eigenvalue weighted by Gasteiger charge is -2.09. The van der Waals surface area contributed by atoms with Crippen LogP contribution < -0.4 is 10.5 Å². The minimum Gasteiger partial charge on any atom is -0.497 e. The predicted molar refractivity (Wildman–Crippen MR) is 85.9 cm³/mol. The molecule has 0 saturated heterocycles. The molecule has 2 N–H and O–H groups in total. The molecule has 0 aliphatic rings. The van der Waals surface area contributed by atoms with E-state index in [1.54, 1.807) is 18.9 Å². The number of methoxy groups -OCH3 is 1. The van der Waals surface area contributed by atoms with Gasteiger partial charge in [0.05, 0.1) is 12.1 Å². The number of rotatable bonds is 5. The summed E-state index contributed by atoms with van der Waals surface area (Å²) in [5.74, 6) is 0.847. The Morgan fingerprint density at radius 2 is 2.05 bits per heavy atom. The van der Waals surface area contributed by atoms with Crippen molar-refractivity contribution in [2.45, 2.75) is 29.2 Å². The van der Waals surface area contributed by atoms with Crippen LogP contribution in [0.4, 0.5) is 0 Å². The van der Waals surface area contributed by atoms with Gasteiger partial charge in [-0.1, -0.05) is 35.5 Å². The van der Waals surface area contributed by atoms with E-state index in [1.807, 2.05) is 43.3 Å². The van der Waals surface area contributed by atoms with Gasteiger partial charge in [0.2, 0.25) is 0 Å². The SMILES string of the molecule is COc1cccc(Sc2ccc(CC(C)N)cc2Cl)c1. The van der Waals surface area contributed by atoms with E-state index >= 15 is 0 Å². The van der Waals surface area contributed by atoms with Crippen molar-refractivity contribution in [2.75, 3.05) is 7.11 Å². The Labute approximate surface area is 129 Å². The molecular formula is C16H18ClNOS. The van der Waals surface area contributed by atoms with Crippen LogP contribution in [0.15, 0.2) is 52.3 Å². The van der Waals surface area contributed by atoms with Crippen molar-refractivity contribution in [2.24, 2.45) is 5.73 Å². The van der Waals surface area contributed by atoms with Crippen molar-refractivity contribution in [1.82, 2.24) is 0 Å². The number of ether oxygens (including phenoxy) is 1. The molecule has 0 aliphatic heterocycles. The molecule has 0 amide bonds. The predicted octanol–water partition coefficient (Wildman–Crippen LogP) is 4.39. The Morgan fingerprint density at radius 1 is 1.25 bits per heavy atom. The topological polar surface area (TPSA) is 35.2 Å². The molecule has 0 radical (unpaired) electrons. The van der Waals surface area contributed by atoms with Gasteiger partial charge in [0.25, 0.3) is 0 Å². The summed E-state index contributed by atoms with van der Waals surface area (Å²) in [6, 6.07) is 14.2. The van der Waals surface area contributed by atoms with E-state index in [1.165, 1.54) is 5.56 Å². The summed E-state index contributed by atoms with van der Waals surface area (Å²) in [5, 5.41) is 0.760. The van der Waals surface area contributed by atoms with Crippen molar-refractivity contribution in [3.63, 3.8) is 0 Å². The van der Waals surface area contributed by atoms with Crippen LogP contribution in [0.1, 0.15) is 12.5 Å². The molecule has 106 valence electrons. The van der Waals surface area contributed by atoms with Gasteiger partial charge < -0.3 is 10.5 Å². The van der Waals surface area contributed by atoms with Crippen LogP contribution in [0.5, 0.6) is 5.75 Å². The molecule has 0 spiro atoms. The zero-order valence-corrected chi connectivity index (χ0v) is 13.2. The van der Waals surface area contributed by atoms with E-state index in [-0.39, 0.29) is 6.04 Å². The van der Waals surface area contributed by atoms with Crippen LogP contribution in [-0.4, -0.2) is 13.2 Å². The maximum atomic E-state index is 6.34. The maximum absolute atomic E-state index is 6.34. The third kappa shape index (κ3) is 4.17.